The summed E-state index contributed by atoms with van der Waals surface area (Å²) in [5.74, 6) is -0.383. The van der Waals surface area contributed by atoms with Crippen LogP contribution < -0.4 is 16.8 Å². The SMILES string of the molecule is COC(=O)C(N)CCCN=C(N)NC#N. The molecule has 0 amide bonds. The summed E-state index contributed by atoms with van der Waals surface area (Å²) in [4.78, 5) is 14.7. The number of ether oxygens (including phenoxy) is 1. The molecule has 0 saturated heterocycles. The highest BCUT2D eigenvalue weighted by Crippen LogP contribution is 1.96. The molecule has 0 aromatic rings. The maximum Gasteiger partial charge on any atom is 0.322 e. The van der Waals surface area contributed by atoms with Gasteiger partial charge in [0.25, 0.3) is 0 Å². The molecule has 0 heterocycles. The Morgan fingerprint density at radius 2 is 2.40 bits per heavy atom. The first-order valence-corrected chi connectivity index (χ1v) is 4.40. The molecule has 15 heavy (non-hydrogen) atoms. The van der Waals surface area contributed by atoms with Gasteiger partial charge in [-0.05, 0) is 12.8 Å². The number of hydrogen-bond acceptors (Lipinski definition) is 5. The van der Waals surface area contributed by atoms with E-state index in [-0.39, 0.29) is 5.96 Å². The van der Waals surface area contributed by atoms with Gasteiger partial charge in [-0.15, -0.1) is 0 Å². The average molecular weight is 213 g/mol. The van der Waals surface area contributed by atoms with Crippen molar-refractivity contribution in [2.75, 3.05) is 13.7 Å². The van der Waals surface area contributed by atoms with Gasteiger partial charge in [-0.3, -0.25) is 15.1 Å². The average Bonchev–Trinajstić information content (AvgIpc) is 2.23. The molecule has 0 aliphatic heterocycles. The second-order valence-electron chi connectivity index (χ2n) is 2.78. The normalized spacial score (nSPS) is 12.7. The van der Waals surface area contributed by atoms with E-state index in [1.165, 1.54) is 7.11 Å². The predicted octanol–water partition coefficient (Wildman–Crippen LogP) is -1.35. The molecule has 0 aliphatic carbocycles. The molecule has 0 aliphatic rings. The number of carbonyl (C=O) groups is 1. The second-order valence-corrected chi connectivity index (χ2v) is 2.78. The van der Waals surface area contributed by atoms with Crippen LogP contribution in [0.1, 0.15) is 12.8 Å². The Hall–Kier alpha value is -1.81. The van der Waals surface area contributed by atoms with E-state index in [2.05, 4.69) is 15.0 Å². The van der Waals surface area contributed by atoms with Gasteiger partial charge in [-0.1, -0.05) is 0 Å². The van der Waals surface area contributed by atoms with E-state index < -0.39 is 12.0 Å². The van der Waals surface area contributed by atoms with Crippen molar-refractivity contribution in [3.8, 4) is 6.19 Å². The van der Waals surface area contributed by atoms with E-state index in [4.69, 9.17) is 16.7 Å². The molecule has 0 spiro atoms. The van der Waals surface area contributed by atoms with Gasteiger partial charge in [-0.25, -0.2) is 0 Å². The summed E-state index contributed by atoms with van der Waals surface area (Å²) in [7, 11) is 1.29. The van der Waals surface area contributed by atoms with Gasteiger partial charge in [0.1, 0.15) is 6.04 Å². The topological polar surface area (TPSA) is 127 Å². The third kappa shape index (κ3) is 6.29. The molecule has 0 fully saturated rings. The highest BCUT2D eigenvalue weighted by atomic mass is 16.5. The molecule has 0 saturated carbocycles. The maximum absolute atomic E-state index is 10.9. The summed E-state index contributed by atoms with van der Waals surface area (Å²) in [6, 6.07) is -0.629. The maximum atomic E-state index is 10.9. The smallest absolute Gasteiger partial charge is 0.322 e. The van der Waals surface area contributed by atoms with Crippen molar-refractivity contribution in [3.63, 3.8) is 0 Å². The summed E-state index contributed by atoms with van der Waals surface area (Å²) in [5.41, 5.74) is 10.8. The summed E-state index contributed by atoms with van der Waals surface area (Å²) < 4.78 is 4.45. The van der Waals surface area contributed by atoms with Crippen LogP contribution in [-0.4, -0.2) is 31.6 Å². The van der Waals surface area contributed by atoms with Crippen molar-refractivity contribution in [3.05, 3.63) is 0 Å². The summed E-state index contributed by atoms with van der Waals surface area (Å²) in [6.07, 6.45) is 2.71. The first-order chi connectivity index (χ1) is 7.11. The molecule has 1 unspecified atom stereocenters. The minimum absolute atomic E-state index is 0.0594. The van der Waals surface area contributed by atoms with Crippen LogP contribution in [0.2, 0.25) is 0 Å². The monoisotopic (exact) mass is 213 g/mol. The zero-order chi connectivity index (χ0) is 11.7. The largest absolute Gasteiger partial charge is 0.468 e. The van der Waals surface area contributed by atoms with Crippen molar-refractivity contribution in [1.29, 1.82) is 5.26 Å². The number of hydrogen-bond donors (Lipinski definition) is 3. The molecule has 5 N–H and O–H groups in total. The van der Waals surface area contributed by atoms with Crippen molar-refractivity contribution >= 4 is 11.9 Å². The Bertz CT molecular complexity index is 271. The van der Waals surface area contributed by atoms with Crippen LogP contribution in [0, 0.1) is 11.5 Å². The van der Waals surface area contributed by atoms with E-state index in [0.29, 0.717) is 19.4 Å². The molecular weight excluding hydrogens is 198 g/mol. The number of nitrogens with zero attached hydrogens (tertiary/aromatic N) is 2. The van der Waals surface area contributed by atoms with E-state index in [9.17, 15) is 4.79 Å². The second kappa shape index (κ2) is 7.58. The molecule has 0 bridgehead atoms. The van der Waals surface area contributed by atoms with Gasteiger partial charge in [0.15, 0.2) is 6.19 Å². The van der Waals surface area contributed by atoms with Gasteiger partial charge in [0, 0.05) is 6.54 Å². The summed E-state index contributed by atoms with van der Waals surface area (Å²) >= 11 is 0. The molecule has 84 valence electrons. The van der Waals surface area contributed by atoms with Crippen molar-refractivity contribution in [2.24, 2.45) is 16.5 Å². The van der Waals surface area contributed by atoms with Crippen LogP contribution in [0.5, 0.6) is 0 Å². The van der Waals surface area contributed by atoms with Gasteiger partial charge >= 0.3 is 5.97 Å². The number of aliphatic imine (C=N–C) groups is 1. The number of nitriles is 1. The lowest BCUT2D eigenvalue weighted by Gasteiger charge is -2.07. The van der Waals surface area contributed by atoms with Gasteiger partial charge < -0.3 is 16.2 Å². The Labute approximate surface area is 88.1 Å². The Balaban J connectivity index is 3.67. The quantitative estimate of drug-likeness (QED) is 0.129. The predicted molar refractivity (Wildman–Crippen MR) is 54.5 cm³/mol. The van der Waals surface area contributed by atoms with E-state index in [0.717, 1.165) is 0 Å². The van der Waals surface area contributed by atoms with Gasteiger partial charge in [0.05, 0.1) is 7.11 Å². The lowest BCUT2D eigenvalue weighted by molar-refractivity contribution is -0.142. The number of rotatable bonds is 5. The van der Waals surface area contributed by atoms with E-state index in [1.54, 1.807) is 6.19 Å². The highest BCUT2D eigenvalue weighted by molar-refractivity contribution is 5.79. The fourth-order valence-electron chi connectivity index (χ4n) is 0.877. The Morgan fingerprint density at radius 3 is 2.93 bits per heavy atom. The van der Waals surface area contributed by atoms with Crippen LogP contribution in [0.4, 0.5) is 0 Å². The number of guanidine groups is 1. The lowest BCUT2D eigenvalue weighted by Crippen LogP contribution is -2.31. The number of esters is 1. The number of nitrogens with one attached hydrogen (secondary N) is 1. The van der Waals surface area contributed by atoms with Crippen LogP contribution in [0.15, 0.2) is 4.99 Å². The first kappa shape index (κ1) is 13.2. The van der Waals surface area contributed by atoms with Gasteiger partial charge in [0.2, 0.25) is 5.96 Å². The van der Waals surface area contributed by atoms with Crippen molar-refractivity contribution < 1.29 is 9.53 Å². The fraction of sp³-hybridized carbons (Fsp3) is 0.625. The minimum Gasteiger partial charge on any atom is -0.468 e. The van der Waals surface area contributed by atoms with Crippen LogP contribution in [0.25, 0.3) is 0 Å². The van der Waals surface area contributed by atoms with Gasteiger partial charge in [-0.2, -0.15) is 5.26 Å². The van der Waals surface area contributed by atoms with Crippen LogP contribution in [-0.2, 0) is 9.53 Å². The third-order valence-corrected chi connectivity index (χ3v) is 1.64. The Morgan fingerprint density at radius 1 is 1.73 bits per heavy atom. The fourth-order valence-corrected chi connectivity index (χ4v) is 0.877. The van der Waals surface area contributed by atoms with E-state index in [1.807, 2.05) is 0 Å². The molecule has 1 atom stereocenters. The minimum atomic E-state index is -0.629. The molecular formula is C8H15N5O2. The van der Waals surface area contributed by atoms with Crippen molar-refractivity contribution in [2.45, 2.75) is 18.9 Å². The number of carbonyl (C=O) groups excluding carboxylic acids is 1. The lowest BCUT2D eigenvalue weighted by atomic mass is 10.2. The highest BCUT2D eigenvalue weighted by Gasteiger charge is 2.12. The number of nitrogens with two attached hydrogens (primary N) is 2. The van der Waals surface area contributed by atoms with Crippen molar-refractivity contribution in [1.82, 2.24) is 5.32 Å². The number of methoxy groups -OCH3 is 1. The van der Waals surface area contributed by atoms with Crippen LogP contribution >= 0.6 is 0 Å². The summed E-state index contributed by atoms with van der Waals surface area (Å²) in [6.45, 7) is 0.408. The standard InChI is InChI=1S/C8H15N5O2/c1-15-7(14)6(10)3-2-4-12-8(11)13-5-9/h6H,2-4,10H2,1H3,(H3,11,12,13). The molecule has 0 radical (unpaired) electrons. The van der Waals surface area contributed by atoms with Crippen LogP contribution in [0.3, 0.4) is 0 Å². The molecule has 7 nitrogen and oxygen atoms in total. The van der Waals surface area contributed by atoms with E-state index >= 15 is 0 Å². The molecule has 7 heteroatoms. The third-order valence-electron chi connectivity index (χ3n) is 1.64. The summed E-state index contributed by atoms with van der Waals surface area (Å²) in [5, 5.41) is 10.4. The zero-order valence-electron chi connectivity index (χ0n) is 8.56. The molecule has 0 aromatic carbocycles. The zero-order valence-corrected chi connectivity index (χ0v) is 8.56. The Kier molecular flexibility index (Phi) is 6.67. The molecule has 0 aromatic heterocycles. The molecule has 0 rings (SSSR count). The first-order valence-electron chi connectivity index (χ1n) is 4.40.